The second-order valence-corrected chi connectivity index (χ2v) is 6.84. The van der Waals surface area contributed by atoms with Crippen molar-refractivity contribution < 1.29 is 14.4 Å². The van der Waals surface area contributed by atoms with Gasteiger partial charge in [0.25, 0.3) is 11.8 Å². The van der Waals surface area contributed by atoms with Gasteiger partial charge in [-0.25, -0.2) is 15.0 Å². The van der Waals surface area contributed by atoms with Crippen LogP contribution in [0.2, 0.25) is 5.02 Å². The fourth-order valence-corrected chi connectivity index (χ4v) is 3.29. The van der Waals surface area contributed by atoms with Gasteiger partial charge < -0.3 is 20.9 Å². The molecule has 1 aliphatic carbocycles. The number of aromatic nitrogens is 4. The molecule has 3 amide bonds. The number of nitrogens with zero attached hydrogens (tertiary/aromatic N) is 3. The zero-order valence-electron chi connectivity index (χ0n) is 15.2. The summed E-state index contributed by atoms with van der Waals surface area (Å²) in [7, 11) is 1.48. The van der Waals surface area contributed by atoms with E-state index in [1.165, 1.54) is 25.9 Å². The molecule has 148 valence electrons. The maximum absolute atomic E-state index is 12.4. The molecule has 0 unspecified atom stereocenters. The molecule has 0 spiro atoms. The van der Waals surface area contributed by atoms with Gasteiger partial charge in [-0.15, -0.1) is 0 Å². The Morgan fingerprint density at radius 2 is 1.89 bits per heavy atom. The van der Waals surface area contributed by atoms with Gasteiger partial charge >= 0.3 is 0 Å². The number of carbonyl (C=O) groups excluding carboxylic acids is 3. The molecule has 2 heterocycles. The molecule has 4 N–H and O–H groups in total. The average Bonchev–Trinajstić information content (AvgIpc) is 3.19. The fraction of sp³-hybridized carbons (Fsp3) is 0.412. The third-order valence-corrected chi connectivity index (χ3v) is 4.93. The first-order valence-corrected chi connectivity index (χ1v) is 9.20. The molecule has 0 saturated heterocycles. The predicted molar refractivity (Wildman–Crippen MR) is 101 cm³/mol. The van der Waals surface area contributed by atoms with E-state index in [1.54, 1.807) is 0 Å². The molecular weight excluding hydrogens is 386 g/mol. The molecule has 0 aliphatic heterocycles. The minimum atomic E-state index is -0.416. The Hall–Kier alpha value is -3.01. The van der Waals surface area contributed by atoms with Crippen molar-refractivity contribution in [3.8, 4) is 0 Å². The van der Waals surface area contributed by atoms with Gasteiger partial charge in [-0.05, 0) is 25.7 Å². The maximum atomic E-state index is 12.4. The van der Waals surface area contributed by atoms with Crippen LogP contribution in [0.25, 0.3) is 0 Å². The Morgan fingerprint density at radius 3 is 2.57 bits per heavy atom. The highest BCUT2D eigenvalue weighted by molar-refractivity contribution is 6.33. The molecule has 0 bridgehead atoms. The van der Waals surface area contributed by atoms with Gasteiger partial charge in [0.2, 0.25) is 5.91 Å². The molecule has 0 radical (unpaired) electrons. The fourth-order valence-electron chi connectivity index (χ4n) is 3.14. The van der Waals surface area contributed by atoms with Gasteiger partial charge in [-0.2, -0.15) is 0 Å². The Bertz CT molecular complexity index is 877. The van der Waals surface area contributed by atoms with Gasteiger partial charge in [0.05, 0.1) is 12.5 Å². The lowest BCUT2D eigenvalue weighted by atomic mass is 9.85. The highest BCUT2D eigenvalue weighted by Gasteiger charge is 2.29. The number of rotatable bonds is 5. The Labute approximate surface area is 165 Å². The predicted octanol–water partition coefficient (Wildman–Crippen LogP) is 1.14. The van der Waals surface area contributed by atoms with Crippen LogP contribution in [-0.2, 0) is 4.79 Å². The summed E-state index contributed by atoms with van der Waals surface area (Å²) in [6.45, 7) is 0. The van der Waals surface area contributed by atoms with E-state index < -0.39 is 11.8 Å². The standard InChI is InChI=1S/C17H20ClN7O3/c1-19-16(27)12-13(22-8-21-12)17(28)24-10-4-2-9(3-5-10)15(26)25-14-11(18)6-20-7-23-14/h6-10H,2-5H2,1H3,(H,19,27)(H,21,22)(H,24,28)(H,20,23,25,26). The molecule has 1 aliphatic rings. The molecule has 3 rings (SSSR count). The van der Waals surface area contributed by atoms with E-state index in [0.717, 1.165) is 0 Å². The Morgan fingerprint density at radius 1 is 1.14 bits per heavy atom. The number of nitrogens with one attached hydrogen (secondary N) is 4. The van der Waals surface area contributed by atoms with Gasteiger partial charge in [0, 0.05) is 19.0 Å². The smallest absolute Gasteiger partial charge is 0.272 e. The molecule has 1 fully saturated rings. The minimum absolute atomic E-state index is 0.0534. The van der Waals surface area contributed by atoms with E-state index in [0.29, 0.717) is 25.7 Å². The van der Waals surface area contributed by atoms with E-state index in [9.17, 15) is 14.4 Å². The van der Waals surface area contributed by atoms with Crippen molar-refractivity contribution >= 4 is 35.1 Å². The average molecular weight is 406 g/mol. The lowest BCUT2D eigenvalue weighted by Gasteiger charge is -2.28. The largest absolute Gasteiger partial charge is 0.354 e. The summed E-state index contributed by atoms with van der Waals surface area (Å²) < 4.78 is 0. The molecule has 10 nitrogen and oxygen atoms in total. The van der Waals surface area contributed by atoms with Crippen molar-refractivity contribution in [3.63, 3.8) is 0 Å². The van der Waals surface area contributed by atoms with Crippen LogP contribution in [0, 0.1) is 5.92 Å². The van der Waals surface area contributed by atoms with Crippen molar-refractivity contribution in [3.05, 3.63) is 35.3 Å². The molecule has 0 aromatic carbocycles. The van der Waals surface area contributed by atoms with Crippen LogP contribution in [0.3, 0.4) is 0 Å². The first-order valence-electron chi connectivity index (χ1n) is 8.82. The summed E-state index contributed by atoms with van der Waals surface area (Å²) in [5, 5.41) is 8.34. The van der Waals surface area contributed by atoms with E-state index >= 15 is 0 Å². The van der Waals surface area contributed by atoms with Crippen molar-refractivity contribution in [2.75, 3.05) is 12.4 Å². The van der Waals surface area contributed by atoms with Crippen molar-refractivity contribution in [1.82, 2.24) is 30.6 Å². The second kappa shape index (κ2) is 8.79. The normalized spacial score (nSPS) is 18.9. The van der Waals surface area contributed by atoms with Gasteiger partial charge in [-0.3, -0.25) is 14.4 Å². The van der Waals surface area contributed by atoms with Crippen LogP contribution >= 0.6 is 11.6 Å². The van der Waals surface area contributed by atoms with Gasteiger partial charge in [0.15, 0.2) is 11.5 Å². The number of halogens is 1. The highest BCUT2D eigenvalue weighted by atomic mass is 35.5. The third kappa shape index (κ3) is 4.45. The summed E-state index contributed by atoms with van der Waals surface area (Å²) in [5.41, 5.74) is 0.174. The van der Waals surface area contributed by atoms with Crippen LogP contribution in [-0.4, -0.2) is 50.7 Å². The molecule has 2 aromatic rings. The summed E-state index contributed by atoms with van der Waals surface area (Å²) in [5.74, 6) is -0.880. The first-order chi connectivity index (χ1) is 13.5. The zero-order valence-corrected chi connectivity index (χ0v) is 15.9. The molecule has 1 saturated carbocycles. The number of imidazole rings is 1. The van der Waals surface area contributed by atoms with Crippen LogP contribution in [0.5, 0.6) is 0 Å². The number of hydrogen-bond acceptors (Lipinski definition) is 6. The molecule has 28 heavy (non-hydrogen) atoms. The topological polar surface area (TPSA) is 142 Å². The summed E-state index contributed by atoms with van der Waals surface area (Å²) in [6.07, 6.45) is 6.54. The van der Waals surface area contributed by atoms with E-state index in [2.05, 4.69) is 35.9 Å². The van der Waals surface area contributed by atoms with Crippen LogP contribution < -0.4 is 16.0 Å². The SMILES string of the molecule is CNC(=O)c1[nH]cnc1C(=O)NC1CCC(C(=O)Nc2ncncc2Cl)CC1. The van der Waals surface area contributed by atoms with Crippen LogP contribution in [0.4, 0.5) is 5.82 Å². The van der Waals surface area contributed by atoms with Gasteiger partial charge in [-0.1, -0.05) is 11.6 Å². The molecular formula is C17H20ClN7O3. The quantitative estimate of drug-likeness (QED) is 0.587. The highest BCUT2D eigenvalue weighted by Crippen LogP contribution is 2.26. The maximum Gasteiger partial charge on any atom is 0.272 e. The van der Waals surface area contributed by atoms with Crippen LogP contribution in [0.1, 0.15) is 46.7 Å². The van der Waals surface area contributed by atoms with Gasteiger partial charge in [0.1, 0.15) is 17.0 Å². The monoisotopic (exact) mass is 405 g/mol. The molecule has 2 aromatic heterocycles. The van der Waals surface area contributed by atoms with Crippen molar-refractivity contribution in [2.45, 2.75) is 31.7 Å². The lowest BCUT2D eigenvalue weighted by molar-refractivity contribution is -0.120. The number of amides is 3. The molecule has 0 atom stereocenters. The summed E-state index contributed by atoms with van der Waals surface area (Å²) in [4.78, 5) is 50.9. The number of carbonyl (C=O) groups is 3. The summed E-state index contributed by atoms with van der Waals surface area (Å²) >= 11 is 5.96. The lowest BCUT2D eigenvalue weighted by Crippen LogP contribution is -2.40. The van der Waals surface area contributed by atoms with E-state index in [1.807, 2.05) is 0 Å². The number of H-pyrrole nitrogens is 1. The Kier molecular flexibility index (Phi) is 6.19. The van der Waals surface area contributed by atoms with E-state index in [4.69, 9.17) is 11.6 Å². The second-order valence-electron chi connectivity index (χ2n) is 6.44. The Balaban J connectivity index is 1.52. The van der Waals surface area contributed by atoms with E-state index in [-0.39, 0.29) is 40.1 Å². The summed E-state index contributed by atoms with van der Waals surface area (Å²) in [6, 6.07) is -0.0894. The first kappa shape index (κ1) is 19.7. The zero-order chi connectivity index (χ0) is 20.1. The third-order valence-electron chi connectivity index (χ3n) is 4.65. The number of aromatic amines is 1. The number of anilines is 1. The van der Waals surface area contributed by atoms with Crippen molar-refractivity contribution in [1.29, 1.82) is 0 Å². The number of hydrogen-bond donors (Lipinski definition) is 4. The molecule has 11 heteroatoms. The minimum Gasteiger partial charge on any atom is -0.354 e. The van der Waals surface area contributed by atoms with Crippen molar-refractivity contribution in [2.24, 2.45) is 5.92 Å². The van der Waals surface area contributed by atoms with Crippen LogP contribution in [0.15, 0.2) is 18.9 Å².